The summed E-state index contributed by atoms with van der Waals surface area (Å²) in [5, 5.41) is 10.5. The molecule has 4 nitrogen and oxygen atoms in total. The first-order valence-electron chi connectivity index (χ1n) is 6.05. The number of nitrogens with zero attached hydrogens (tertiary/aromatic N) is 1. The van der Waals surface area contributed by atoms with E-state index in [1.807, 2.05) is 5.32 Å². The maximum Gasteiger partial charge on any atom is 0.417 e. The van der Waals surface area contributed by atoms with Crippen molar-refractivity contribution in [2.24, 2.45) is 5.73 Å². The first-order valence-corrected chi connectivity index (χ1v) is 6.05. The maximum absolute atomic E-state index is 12.9. The molecule has 1 atom stereocenters. The number of hydrogen-bond donors (Lipinski definition) is 2. The Balaban J connectivity index is 3.40. The Hall–Kier alpha value is -2.28. The van der Waals surface area contributed by atoms with Crippen LogP contribution in [0, 0.1) is 11.3 Å². The van der Waals surface area contributed by atoms with Gasteiger partial charge in [-0.15, -0.1) is 0 Å². The second-order valence-electron chi connectivity index (χ2n) is 4.83. The Bertz CT molecular complexity index is 647. The minimum absolute atomic E-state index is 0.430. The molecule has 0 unspecified atom stereocenters. The zero-order chi connectivity index (χ0) is 18.1. The van der Waals surface area contributed by atoms with Crippen molar-refractivity contribution in [3.63, 3.8) is 0 Å². The van der Waals surface area contributed by atoms with Crippen LogP contribution in [0.25, 0.3) is 0 Å². The van der Waals surface area contributed by atoms with E-state index in [4.69, 9.17) is 11.0 Å². The summed E-state index contributed by atoms with van der Waals surface area (Å²) in [5.74, 6) is -1.29. The molecule has 0 heterocycles. The van der Waals surface area contributed by atoms with Gasteiger partial charge >= 0.3 is 12.4 Å². The van der Waals surface area contributed by atoms with Crippen molar-refractivity contribution in [1.29, 1.82) is 5.26 Å². The van der Waals surface area contributed by atoms with E-state index in [-0.39, 0.29) is 0 Å². The van der Waals surface area contributed by atoms with Crippen LogP contribution < -0.4 is 11.1 Å². The molecule has 0 fully saturated rings. The molecular weight excluding hydrogens is 328 g/mol. The lowest BCUT2D eigenvalue weighted by Gasteiger charge is -2.29. The van der Waals surface area contributed by atoms with Gasteiger partial charge in [-0.25, -0.2) is 0 Å². The van der Waals surface area contributed by atoms with Crippen LogP contribution in [0.3, 0.4) is 0 Å². The number of rotatable bonds is 4. The lowest BCUT2D eigenvalue weighted by Crippen LogP contribution is -2.53. The number of benzene rings is 1. The van der Waals surface area contributed by atoms with E-state index in [1.54, 1.807) is 0 Å². The fourth-order valence-electron chi connectivity index (χ4n) is 1.80. The van der Waals surface area contributed by atoms with Gasteiger partial charge in [0.15, 0.2) is 0 Å². The van der Waals surface area contributed by atoms with Crippen molar-refractivity contribution in [1.82, 2.24) is 5.32 Å². The van der Waals surface area contributed by atoms with Crippen molar-refractivity contribution in [3.8, 4) is 6.07 Å². The SMILES string of the molecule is C[C@](NCC(F)(F)F)(C(N)=O)c1ccc(C#N)c(C(F)(F)F)c1. The molecule has 23 heavy (non-hydrogen) atoms. The third kappa shape index (κ3) is 4.35. The number of nitriles is 1. The maximum atomic E-state index is 12.9. The third-order valence-corrected chi connectivity index (χ3v) is 3.16. The fraction of sp³-hybridized carbons (Fsp3) is 0.385. The number of nitrogens with one attached hydrogen (secondary N) is 1. The Labute approximate surface area is 126 Å². The zero-order valence-electron chi connectivity index (χ0n) is 11.6. The highest BCUT2D eigenvalue weighted by molar-refractivity contribution is 5.85. The van der Waals surface area contributed by atoms with Crippen molar-refractivity contribution < 1.29 is 31.1 Å². The van der Waals surface area contributed by atoms with E-state index in [2.05, 4.69) is 0 Å². The summed E-state index contributed by atoms with van der Waals surface area (Å²) in [5.41, 5.74) is 0.345. The highest BCUT2D eigenvalue weighted by atomic mass is 19.4. The predicted molar refractivity (Wildman–Crippen MR) is 66.8 cm³/mol. The van der Waals surface area contributed by atoms with E-state index in [1.165, 1.54) is 6.07 Å². The van der Waals surface area contributed by atoms with Gasteiger partial charge in [0.1, 0.15) is 5.54 Å². The molecule has 0 aliphatic carbocycles. The summed E-state index contributed by atoms with van der Waals surface area (Å²) in [6.45, 7) is -0.698. The van der Waals surface area contributed by atoms with Crippen LogP contribution in [-0.4, -0.2) is 18.6 Å². The molecule has 126 valence electrons. The Kier molecular flexibility index (Phi) is 4.96. The summed E-state index contributed by atoms with van der Waals surface area (Å²) in [6.07, 6.45) is -9.61. The largest absolute Gasteiger partial charge is 0.417 e. The van der Waals surface area contributed by atoms with Crippen molar-refractivity contribution >= 4 is 5.91 Å². The summed E-state index contributed by atoms with van der Waals surface area (Å²) in [4.78, 5) is 11.5. The first-order chi connectivity index (χ1) is 10.3. The molecular formula is C13H11F6N3O. The van der Waals surface area contributed by atoms with Crippen LogP contribution in [0.1, 0.15) is 23.6 Å². The smallest absolute Gasteiger partial charge is 0.368 e. The average Bonchev–Trinajstić information content (AvgIpc) is 2.42. The number of amides is 1. The van der Waals surface area contributed by atoms with E-state index >= 15 is 0 Å². The van der Waals surface area contributed by atoms with E-state index in [0.29, 0.717) is 6.07 Å². The number of primary amides is 1. The van der Waals surface area contributed by atoms with Gasteiger partial charge in [-0.3, -0.25) is 10.1 Å². The van der Waals surface area contributed by atoms with Crippen molar-refractivity contribution in [2.45, 2.75) is 24.8 Å². The summed E-state index contributed by atoms with van der Waals surface area (Å²) < 4.78 is 75.7. The van der Waals surface area contributed by atoms with Crippen molar-refractivity contribution in [2.75, 3.05) is 6.54 Å². The van der Waals surface area contributed by atoms with Crippen molar-refractivity contribution in [3.05, 3.63) is 34.9 Å². The van der Waals surface area contributed by atoms with Crippen LogP contribution in [0.4, 0.5) is 26.3 Å². The Morgan fingerprint density at radius 1 is 1.26 bits per heavy atom. The minimum atomic E-state index is -4.91. The first kappa shape index (κ1) is 18.8. The Morgan fingerprint density at radius 2 is 1.83 bits per heavy atom. The number of hydrogen-bond acceptors (Lipinski definition) is 3. The lowest BCUT2D eigenvalue weighted by atomic mass is 9.88. The molecule has 0 aromatic heterocycles. The zero-order valence-corrected chi connectivity index (χ0v) is 11.6. The molecule has 1 aromatic carbocycles. The van der Waals surface area contributed by atoms with Crippen LogP contribution in [0.15, 0.2) is 18.2 Å². The van der Waals surface area contributed by atoms with Gasteiger partial charge < -0.3 is 5.73 Å². The summed E-state index contributed by atoms with van der Waals surface area (Å²) in [7, 11) is 0. The van der Waals surface area contributed by atoms with Gasteiger partial charge in [-0.1, -0.05) is 6.07 Å². The standard InChI is InChI=1S/C13H11F6N3O/c1-11(10(21)23,22-6-12(14,15)16)8-3-2-7(5-20)9(4-8)13(17,18)19/h2-4,22H,6H2,1H3,(H2,21,23)/t11-/m1/s1. The number of alkyl halides is 6. The molecule has 0 saturated heterocycles. The van der Waals surface area contributed by atoms with Crippen LogP contribution in [0.2, 0.25) is 0 Å². The van der Waals surface area contributed by atoms with Gasteiger partial charge in [0.05, 0.1) is 23.7 Å². The van der Waals surface area contributed by atoms with Gasteiger partial charge in [-0.05, 0) is 24.6 Å². The number of nitrogens with two attached hydrogens (primary N) is 1. The fourth-order valence-corrected chi connectivity index (χ4v) is 1.80. The highest BCUT2D eigenvalue weighted by Gasteiger charge is 2.40. The quantitative estimate of drug-likeness (QED) is 0.827. The van der Waals surface area contributed by atoms with Gasteiger partial charge in [0.2, 0.25) is 5.91 Å². The number of halogens is 6. The Morgan fingerprint density at radius 3 is 2.22 bits per heavy atom. The minimum Gasteiger partial charge on any atom is -0.368 e. The molecule has 1 rings (SSSR count). The highest BCUT2D eigenvalue weighted by Crippen LogP contribution is 2.35. The normalized spacial score (nSPS) is 14.9. The second kappa shape index (κ2) is 6.08. The van der Waals surface area contributed by atoms with Crippen LogP contribution in [-0.2, 0) is 16.5 Å². The second-order valence-corrected chi connectivity index (χ2v) is 4.83. The molecule has 3 N–H and O–H groups in total. The molecule has 0 radical (unpaired) electrons. The molecule has 0 bridgehead atoms. The average molecular weight is 339 g/mol. The van der Waals surface area contributed by atoms with E-state index in [0.717, 1.165) is 19.1 Å². The molecule has 10 heteroatoms. The lowest BCUT2D eigenvalue weighted by molar-refractivity contribution is -0.139. The van der Waals surface area contributed by atoms with E-state index < -0.39 is 47.0 Å². The molecule has 0 saturated carbocycles. The van der Waals surface area contributed by atoms with Crippen LogP contribution in [0.5, 0.6) is 0 Å². The molecule has 0 spiro atoms. The number of carbonyl (C=O) groups excluding carboxylic acids is 1. The molecule has 0 aliphatic heterocycles. The third-order valence-electron chi connectivity index (χ3n) is 3.16. The van der Waals surface area contributed by atoms with Crippen LogP contribution >= 0.6 is 0 Å². The molecule has 1 aromatic rings. The summed E-state index contributed by atoms with van der Waals surface area (Å²) >= 11 is 0. The predicted octanol–water partition coefficient (Wildman–Crippen LogP) is 2.43. The number of carbonyl (C=O) groups is 1. The van der Waals surface area contributed by atoms with Gasteiger partial charge in [-0.2, -0.15) is 31.6 Å². The van der Waals surface area contributed by atoms with Gasteiger partial charge in [0.25, 0.3) is 0 Å². The summed E-state index contributed by atoms with van der Waals surface area (Å²) in [6, 6.07) is 3.49. The molecule has 0 aliphatic rings. The molecule has 1 amide bonds. The van der Waals surface area contributed by atoms with E-state index in [9.17, 15) is 31.1 Å². The monoisotopic (exact) mass is 339 g/mol. The topological polar surface area (TPSA) is 78.9 Å². The van der Waals surface area contributed by atoms with Gasteiger partial charge in [0, 0.05) is 0 Å².